The molecule has 0 saturated heterocycles. The molecule has 0 aliphatic heterocycles. The number of esters is 2. The Morgan fingerprint density at radius 3 is 1.53 bits per heavy atom. The molecule has 0 aromatic rings. The van der Waals surface area contributed by atoms with Crippen molar-refractivity contribution in [2.24, 2.45) is 0 Å². The van der Waals surface area contributed by atoms with Crippen LogP contribution in [0.25, 0.3) is 0 Å². The van der Waals surface area contributed by atoms with Crippen molar-refractivity contribution in [1.82, 2.24) is 0 Å². The van der Waals surface area contributed by atoms with Gasteiger partial charge in [-0.25, -0.2) is 0 Å². The van der Waals surface area contributed by atoms with Crippen LogP contribution in [-0.4, -0.2) is 36.4 Å². The highest BCUT2D eigenvalue weighted by Crippen LogP contribution is 2.14. The van der Waals surface area contributed by atoms with E-state index in [-0.39, 0.29) is 25.2 Å². The highest BCUT2D eigenvalue weighted by Gasteiger charge is 2.16. The predicted octanol–water partition coefficient (Wildman–Crippen LogP) is 9.39. The lowest BCUT2D eigenvalue weighted by molar-refractivity contribution is -0.161. The molecule has 0 aromatic carbocycles. The number of ether oxygens (including phenoxy) is 2. The SMILES string of the molecule is CCC/C=C\CCCCCCCC(=O)OC(CO)COC(=O)CCCCCCCCCCCCCCCC. The Morgan fingerprint density at radius 2 is 1.03 bits per heavy atom. The number of unbranched alkanes of at least 4 members (excludes halogenated alkanes) is 19. The molecule has 0 bridgehead atoms. The maximum Gasteiger partial charge on any atom is 0.306 e. The Labute approximate surface area is 235 Å². The minimum atomic E-state index is -0.766. The second-order valence-electron chi connectivity index (χ2n) is 10.9. The van der Waals surface area contributed by atoms with Crippen LogP contribution >= 0.6 is 0 Å². The second-order valence-corrected chi connectivity index (χ2v) is 10.9. The van der Waals surface area contributed by atoms with Gasteiger partial charge in [-0.3, -0.25) is 9.59 Å². The molecule has 0 saturated carbocycles. The van der Waals surface area contributed by atoms with Gasteiger partial charge in [0.1, 0.15) is 6.61 Å². The number of carbonyl (C=O) groups is 2. The van der Waals surface area contributed by atoms with Crippen LogP contribution in [0.5, 0.6) is 0 Å². The van der Waals surface area contributed by atoms with Crippen LogP contribution in [0.15, 0.2) is 12.2 Å². The van der Waals surface area contributed by atoms with E-state index < -0.39 is 6.10 Å². The van der Waals surface area contributed by atoms with Crippen LogP contribution in [-0.2, 0) is 19.1 Å². The highest BCUT2D eigenvalue weighted by atomic mass is 16.6. The van der Waals surface area contributed by atoms with Crippen LogP contribution in [0.4, 0.5) is 0 Å². The second kappa shape index (κ2) is 30.2. The average molecular weight is 539 g/mol. The van der Waals surface area contributed by atoms with Gasteiger partial charge in [0.05, 0.1) is 6.61 Å². The first-order valence-electron chi connectivity index (χ1n) is 16.2. The lowest BCUT2D eigenvalue weighted by atomic mass is 10.0. The topological polar surface area (TPSA) is 72.8 Å². The van der Waals surface area contributed by atoms with E-state index in [2.05, 4.69) is 26.0 Å². The van der Waals surface area contributed by atoms with Gasteiger partial charge in [-0.15, -0.1) is 0 Å². The largest absolute Gasteiger partial charge is 0.462 e. The molecule has 0 aliphatic rings. The molecule has 0 rings (SSSR count). The fraction of sp³-hybridized carbons (Fsp3) is 0.879. The fourth-order valence-electron chi connectivity index (χ4n) is 4.55. The molecule has 0 amide bonds. The van der Waals surface area contributed by atoms with Crippen molar-refractivity contribution < 1.29 is 24.2 Å². The maximum absolute atomic E-state index is 12.0. The Bertz CT molecular complexity index is 546. The van der Waals surface area contributed by atoms with Crippen molar-refractivity contribution in [2.75, 3.05) is 13.2 Å². The van der Waals surface area contributed by atoms with Crippen molar-refractivity contribution in [3.05, 3.63) is 12.2 Å². The Kier molecular flexibility index (Phi) is 29.1. The number of hydrogen-bond acceptors (Lipinski definition) is 5. The quantitative estimate of drug-likeness (QED) is 0.0583. The molecular formula is C33H62O5. The van der Waals surface area contributed by atoms with Gasteiger partial charge in [0.25, 0.3) is 0 Å². The summed E-state index contributed by atoms with van der Waals surface area (Å²) in [5, 5.41) is 9.47. The molecule has 224 valence electrons. The fourth-order valence-corrected chi connectivity index (χ4v) is 4.55. The van der Waals surface area contributed by atoms with Crippen molar-refractivity contribution in [3.8, 4) is 0 Å². The van der Waals surface area contributed by atoms with Gasteiger partial charge in [0.2, 0.25) is 0 Å². The van der Waals surface area contributed by atoms with Crippen LogP contribution in [0.1, 0.15) is 168 Å². The van der Waals surface area contributed by atoms with Gasteiger partial charge in [-0.2, -0.15) is 0 Å². The first-order chi connectivity index (χ1) is 18.6. The first kappa shape index (κ1) is 36.6. The summed E-state index contributed by atoms with van der Waals surface area (Å²) in [6.45, 7) is 4.06. The number of aliphatic hydroxyl groups excluding tert-OH is 1. The zero-order valence-electron chi connectivity index (χ0n) is 25.2. The summed E-state index contributed by atoms with van der Waals surface area (Å²) in [5.41, 5.74) is 0. The molecule has 1 N–H and O–H groups in total. The molecule has 0 radical (unpaired) electrons. The average Bonchev–Trinajstić information content (AvgIpc) is 2.92. The Morgan fingerprint density at radius 1 is 0.579 bits per heavy atom. The molecule has 0 heterocycles. The molecule has 1 atom stereocenters. The Balaban J connectivity index is 3.56. The van der Waals surface area contributed by atoms with E-state index in [1.165, 1.54) is 89.9 Å². The molecule has 0 fully saturated rings. The molecule has 0 spiro atoms. The summed E-state index contributed by atoms with van der Waals surface area (Å²) >= 11 is 0. The standard InChI is InChI=1S/C33H62O5/c1-3-5-7-9-11-13-15-16-17-18-20-21-23-25-27-32(35)37-30-31(29-34)38-33(36)28-26-24-22-19-14-12-10-8-6-4-2/h8,10,31,34H,3-7,9,11-30H2,1-2H3/b10-8-. The number of hydrogen-bond donors (Lipinski definition) is 1. The summed E-state index contributed by atoms with van der Waals surface area (Å²) < 4.78 is 10.5. The van der Waals surface area contributed by atoms with Crippen molar-refractivity contribution in [2.45, 2.75) is 174 Å². The summed E-state index contributed by atoms with van der Waals surface area (Å²) in [6, 6.07) is 0. The number of aliphatic hydroxyl groups is 1. The maximum atomic E-state index is 12.0. The molecule has 5 nitrogen and oxygen atoms in total. The van der Waals surface area contributed by atoms with Crippen molar-refractivity contribution >= 4 is 11.9 Å². The molecular weight excluding hydrogens is 476 g/mol. The summed E-state index contributed by atoms with van der Waals surface area (Å²) in [5.74, 6) is -0.599. The van der Waals surface area contributed by atoms with Crippen LogP contribution in [0.3, 0.4) is 0 Å². The molecule has 0 aromatic heterocycles. The minimum absolute atomic E-state index is 0.0643. The number of rotatable bonds is 29. The zero-order chi connectivity index (χ0) is 27.9. The third-order valence-corrected chi connectivity index (χ3v) is 7.04. The van der Waals surface area contributed by atoms with Crippen molar-refractivity contribution in [3.63, 3.8) is 0 Å². The summed E-state index contributed by atoms with van der Waals surface area (Å²) in [7, 11) is 0. The number of allylic oxidation sites excluding steroid dienone is 2. The lowest BCUT2D eigenvalue weighted by Gasteiger charge is -2.15. The van der Waals surface area contributed by atoms with Gasteiger partial charge in [-0.05, 0) is 32.1 Å². The smallest absolute Gasteiger partial charge is 0.306 e. The zero-order valence-corrected chi connectivity index (χ0v) is 25.2. The summed E-state index contributed by atoms with van der Waals surface area (Å²) in [6.07, 6.45) is 31.2. The first-order valence-corrected chi connectivity index (χ1v) is 16.2. The van der Waals surface area contributed by atoms with Gasteiger partial charge in [0.15, 0.2) is 6.10 Å². The number of carbonyl (C=O) groups excluding carboxylic acids is 2. The minimum Gasteiger partial charge on any atom is -0.462 e. The molecule has 0 aliphatic carbocycles. The van der Waals surface area contributed by atoms with E-state index in [9.17, 15) is 14.7 Å². The molecule has 1 unspecified atom stereocenters. The van der Waals surface area contributed by atoms with E-state index in [1.54, 1.807) is 0 Å². The van der Waals surface area contributed by atoms with E-state index in [1.807, 2.05) is 0 Å². The third-order valence-electron chi connectivity index (χ3n) is 7.04. The van der Waals surface area contributed by atoms with E-state index in [0.29, 0.717) is 12.8 Å². The predicted molar refractivity (Wildman–Crippen MR) is 159 cm³/mol. The molecule has 5 heteroatoms. The van der Waals surface area contributed by atoms with Crippen LogP contribution < -0.4 is 0 Å². The lowest BCUT2D eigenvalue weighted by Crippen LogP contribution is -2.28. The van der Waals surface area contributed by atoms with Gasteiger partial charge in [-0.1, -0.05) is 135 Å². The van der Waals surface area contributed by atoms with Crippen molar-refractivity contribution in [1.29, 1.82) is 0 Å². The van der Waals surface area contributed by atoms with Gasteiger partial charge < -0.3 is 14.6 Å². The normalized spacial score (nSPS) is 12.2. The van der Waals surface area contributed by atoms with Crippen LogP contribution in [0.2, 0.25) is 0 Å². The summed E-state index contributed by atoms with van der Waals surface area (Å²) in [4.78, 5) is 24.0. The van der Waals surface area contributed by atoms with Gasteiger partial charge in [0, 0.05) is 12.8 Å². The highest BCUT2D eigenvalue weighted by molar-refractivity contribution is 5.70. The van der Waals surface area contributed by atoms with Crippen LogP contribution in [0, 0.1) is 0 Å². The Hall–Kier alpha value is -1.36. The van der Waals surface area contributed by atoms with E-state index >= 15 is 0 Å². The van der Waals surface area contributed by atoms with Gasteiger partial charge >= 0.3 is 11.9 Å². The van der Waals surface area contributed by atoms with E-state index in [4.69, 9.17) is 9.47 Å². The third kappa shape index (κ3) is 27.7. The monoisotopic (exact) mass is 538 g/mol. The van der Waals surface area contributed by atoms with E-state index in [0.717, 1.165) is 51.4 Å². The molecule has 38 heavy (non-hydrogen) atoms.